The van der Waals surface area contributed by atoms with Crippen molar-refractivity contribution in [3.63, 3.8) is 0 Å². The molecule has 0 aliphatic carbocycles. The standard InChI is InChI=1S/C11H15N3O3/c1-3-17-10-8(7-13-14-11(12)15)5-4-6-9(10)16-2/h4-7H,3H2,1-2H3,(H3,12,14,15)/b13-7+. The minimum Gasteiger partial charge on any atom is -0.493 e. The van der Waals surface area contributed by atoms with Crippen molar-refractivity contribution in [3.05, 3.63) is 23.8 Å². The van der Waals surface area contributed by atoms with Gasteiger partial charge in [0.25, 0.3) is 0 Å². The molecule has 0 unspecified atom stereocenters. The quantitative estimate of drug-likeness (QED) is 0.593. The Morgan fingerprint density at radius 3 is 2.94 bits per heavy atom. The van der Waals surface area contributed by atoms with Gasteiger partial charge in [-0.25, -0.2) is 10.2 Å². The Balaban J connectivity index is 2.96. The maximum Gasteiger partial charge on any atom is 0.332 e. The minimum atomic E-state index is -0.720. The van der Waals surface area contributed by atoms with Crippen LogP contribution in [-0.2, 0) is 0 Å². The van der Waals surface area contributed by atoms with E-state index in [0.29, 0.717) is 23.7 Å². The van der Waals surface area contributed by atoms with E-state index in [1.54, 1.807) is 25.3 Å². The van der Waals surface area contributed by atoms with Crippen LogP contribution in [0.3, 0.4) is 0 Å². The van der Waals surface area contributed by atoms with Crippen LogP contribution in [0, 0.1) is 0 Å². The van der Waals surface area contributed by atoms with Gasteiger partial charge in [0.1, 0.15) is 0 Å². The van der Waals surface area contributed by atoms with Gasteiger partial charge in [-0.3, -0.25) is 0 Å². The number of nitrogens with two attached hydrogens (primary N) is 1. The Kier molecular flexibility index (Phi) is 4.80. The van der Waals surface area contributed by atoms with Crippen molar-refractivity contribution in [1.29, 1.82) is 0 Å². The predicted molar refractivity (Wildman–Crippen MR) is 64.5 cm³/mol. The Morgan fingerprint density at radius 2 is 2.35 bits per heavy atom. The summed E-state index contributed by atoms with van der Waals surface area (Å²) in [7, 11) is 1.56. The molecule has 6 nitrogen and oxygen atoms in total. The first-order valence-corrected chi connectivity index (χ1v) is 5.07. The molecule has 1 rings (SSSR count). The monoisotopic (exact) mass is 237 g/mol. The van der Waals surface area contributed by atoms with Gasteiger partial charge in [-0.05, 0) is 19.1 Å². The number of amides is 2. The highest BCUT2D eigenvalue weighted by Crippen LogP contribution is 2.29. The molecule has 0 aliphatic rings. The minimum absolute atomic E-state index is 0.504. The van der Waals surface area contributed by atoms with E-state index in [4.69, 9.17) is 15.2 Å². The SMILES string of the molecule is CCOc1c(/C=N/NC(N)=O)cccc1OC. The zero-order valence-electron chi connectivity index (χ0n) is 9.77. The smallest absolute Gasteiger partial charge is 0.332 e. The van der Waals surface area contributed by atoms with Crippen LogP contribution in [0.15, 0.2) is 23.3 Å². The van der Waals surface area contributed by atoms with Gasteiger partial charge in [0.05, 0.1) is 19.9 Å². The molecule has 1 aromatic rings. The normalized spacial score (nSPS) is 10.2. The van der Waals surface area contributed by atoms with Gasteiger partial charge in [-0.1, -0.05) is 6.07 Å². The Hall–Kier alpha value is -2.24. The third-order valence-electron chi connectivity index (χ3n) is 1.90. The number of nitrogens with zero attached hydrogens (tertiary/aromatic N) is 1. The van der Waals surface area contributed by atoms with E-state index in [0.717, 1.165) is 0 Å². The number of rotatable bonds is 5. The van der Waals surface area contributed by atoms with Crippen LogP contribution >= 0.6 is 0 Å². The molecule has 6 heteroatoms. The van der Waals surface area contributed by atoms with Crippen molar-refractivity contribution in [3.8, 4) is 11.5 Å². The molecule has 3 N–H and O–H groups in total. The molecule has 1 aromatic carbocycles. The molecule has 0 fully saturated rings. The van der Waals surface area contributed by atoms with Gasteiger partial charge >= 0.3 is 6.03 Å². The van der Waals surface area contributed by atoms with Crippen LogP contribution in [0.4, 0.5) is 4.79 Å². The average molecular weight is 237 g/mol. The molecule has 0 atom stereocenters. The molecule has 0 radical (unpaired) electrons. The van der Waals surface area contributed by atoms with Gasteiger partial charge in [-0.2, -0.15) is 5.10 Å². The zero-order valence-corrected chi connectivity index (χ0v) is 9.77. The first-order chi connectivity index (χ1) is 8.19. The maximum absolute atomic E-state index is 10.5. The number of urea groups is 1. The summed E-state index contributed by atoms with van der Waals surface area (Å²) in [6.45, 7) is 2.37. The largest absolute Gasteiger partial charge is 0.493 e. The number of methoxy groups -OCH3 is 1. The highest BCUT2D eigenvalue weighted by atomic mass is 16.5. The van der Waals surface area contributed by atoms with E-state index in [1.165, 1.54) is 6.21 Å². The molecule has 0 aliphatic heterocycles. The van der Waals surface area contributed by atoms with Crippen molar-refractivity contribution >= 4 is 12.2 Å². The topological polar surface area (TPSA) is 85.9 Å². The summed E-state index contributed by atoms with van der Waals surface area (Å²) in [5.74, 6) is 1.18. The number of ether oxygens (including phenoxy) is 2. The summed E-state index contributed by atoms with van der Waals surface area (Å²) in [5.41, 5.74) is 7.70. The molecule has 0 spiro atoms. The summed E-state index contributed by atoms with van der Waals surface area (Å²) >= 11 is 0. The summed E-state index contributed by atoms with van der Waals surface area (Å²) in [4.78, 5) is 10.5. The molecule has 17 heavy (non-hydrogen) atoms. The third-order valence-corrected chi connectivity index (χ3v) is 1.90. The second kappa shape index (κ2) is 6.37. The molecule has 0 saturated carbocycles. The number of hydrogen-bond donors (Lipinski definition) is 2. The molecule has 0 bridgehead atoms. The summed E-state index contributed by atoms with van der Waals surface area (Å²) in [6, 6.07) is 4.65. The lowest BCUT2D eigenvalue weighted by Gasteiger charge is -2.11. The first kappa shape index (κ1) is 12.8. The zero-order chi connectivity index (χ0) is 12.7. The number of carbonyl (C=O) groups is 1. The first-order valence-electron chi connectivity index (χ1n) is 5.07. The van der Waals surface area contributed by atoms with E-state index in [9.17, 15) is 4.79 Å². The molecular weight excluding hydrogens is 222 g/mol. The fourth-order valence-corrected chi connectivity index (χ4v) is 1.26. The van der Waals surface area contributed by atoms with Gasteiger partial charge in [0, 0.05) is 5.56 Å². The predicted octanol–water partition coefficient (Wildman–Crippen LogP) is 1.10. The number of hydrogen-bond acceptors (Lipinski definition) is 4. The molecular formula is C11H15N3O3. The number of primary amides is 1. The van der Waals surface area contributed by atoms with Gasteiger partial charge in [-0.15, -0.1) is 0 Å². The van der Waals surface area contributed by atoms with E-state index < -0.39 is 6.03 Å². The van der Waals surface area contributed by atoms with Crippen LogP contribution in [0.1, 0.15) is 12.5 Å². The highest BCUT2D eigenvalue weighted by molar-refractivity contribution is 5.86. The van der Waals surface area contributed by atoms with Gasteiger partial charge in [0.15, 0.2) is 11.5 Å². The van der Waals surface area contributed by atoms with Crippen molar-refractivity contribution in [2.75, 3.05) is 13.7 Å². The number of carbonyl (C=O) groups excluding carboxylic acids is 1. The molecule has 2 amide bonds. The van der Waals surface area contributed by atoms with Crippen LogP contribution in [0.2, 0.25) is 0 Å². The summed E-state index contributed by atoms with van der Waals surface area (Å²) in [5, 5.41) is 3.67. The number of benzene rings is 1. The van der Waals surface area contributed by atoms with Crippen LogP contribution in [0.5, 0.6) is 11.5 Å². The summed E-state index contributed by atoms with van der Waals surface area (Å²) < 4.78 is 10.6. The van der Waals surface area contributed by atoms with Crippen molar-refractivity contribution < 1.29 is 14.3 Å². The van der Waals surface area contributed by atoms with Crippen molar-refractivity contribution in [2.45, 2.75) is 6.92 Å². The molecule has 0 aromatic heterocycles. The van der Waals surface area contributed by atoms with Crippen LogP contribution in [0.25, 0.3) is 0 Å². The van der Waals surface area contributed by atoms with E-state index >= 15 is 0 Å². The average Bonchev–Trinajstić information content (AvgIpc) is 2.30. The fourth-order valence-electron chi connectivity index (χ4n) is 1.26. The van der Waals surface area contributed by atoms with Crippen LogP contribution in [-0.4, -0.2) is 26.0 Å². The second-order valence-corrected chi connectivity index (χ2v) is 3.05. The molecule has 92 valence electrons. The van der Waals surface area contributed by atoms with E-state index in [-0.39, 0.29) is 0 Å². The number of hydrazone groups is 1. The number of nitrogens with one attached hydrogen (secondary N) is 1. The lowest BCUT2D eigenvalue weighted by molar-refractivity contribution is 0.249. The number of para-hydroxylation sites is 1. The lowest BCUT2D eigenvalue weighted by atomic mass is 10.2. The Labute approximate surface area is 99.4 Å². The third kappa shape index (κ3) is 3.67. The fraction of sp³-hybridized carbons (Fsp3) is 0.273. The summed E-state index contributed by atoms with van der Waals surface area (Å²) in [6.07, 6.45) is 1.44. The van der Waals surface area contributed by atoms with Gasteiger partial charge in [0.2, 0.25) is 0 Å². The van der Waals surface area contributed by atoms with Gasteiger partial charge < -0.3 is 15.2 Å². The molecule has 0 heterocycles. The van der Waals surface area contributed by atoms with Crippen LogP contribution < -0.4 is 20.6 Å². The van der Waals surface area contributed by atoms with Crippen molar-refractivity contribution in [2.24, 2.45) is 10.8 Å². The van der Waals surface area contributed by atoms with Crippen molar-refractivity contribution in [1.82, 2.24) is 5.43 Å². The second-order valence-electron chi connectivity index (χ2n) is 3.05. The molecule has 0 saturated heterocycles. The highest BCUT2D eigenvalue weighted by Gasteiger charge is 2.08. The maximum atomic E-state index is 10.5. The lowest BCUT2D eigenvalue weighted by Crippen LogP contribution is -2.24. The van der Waals surface area contributed by atoms with E-state index in [2.05, 4.69) is 10.5 Å². The van der Waals surface area contributed by atoms with E-state index in [1.807, 2.05) is 6.92 Å². The Bertz CT molecular complexity index is 418. The Morgan fingerprint density at radius 1 is 1.59 bits per heavy atom.